The summed E-state index contributed by atoms with van der Waals surface area (Å²) in [6, 6.07) is 7.74. The number of benzene rings is 1. The summed E-state index contributed by atoms with van der Waals surface area (Å²) in [5.74, 6) is 1.32. The van der Waals surface area contributed by atoms with E-state index in [-0.39, 0.29) is 0 Å². The Bertz CT molecular complexity index is 497. The maximum absolute atomic E-state index is 8.69. The van der Waals surface area contributed by atoms with Gasteiger partial charge in [0, 0.05) is 17.8 Å². The van der Waals surface area contributed by atoms with Gasteiger partial charge in [0.05, 0.1) is 0 Å². The van der Waals surface area contributed by atoms with Gasteiger partial charge in [-0.1, -0.05) is 24.2 Å². The highest BCUT2D eigenvalue weighted by molar-refractivity contribution is 6.48. The topological polar surface area (TPSA) is 53.4 Å². The van der Waals surface area contributed by atoms with Crippen LogP contribution in [0.15, 0.2) is 42.6 Å². The summed E-state index contributed by atoms with van der Waals surface area (Å²) in [6.45, 7) is 0. The molecule has 0 bridgehead atoms. The third-order valence-electron chi connectivity index (χ3n) is 2.13. The van der Waals surface area contributed by atoms with E-state index in [4.69, 9.17) is 10.0 Å². The maximum atomic E-state index is 8.69. The predicted molar refractivity (Wildman–Crippen MR) is 61.0 cm³/mol. The normalized spacial score (nSPS) is 11.1. The minimum Gasteiger partial charge on any atom is -0.424 e. The van der Waals surface area contributed by atoms with E-state index in [9.17, 15) is 0 Å². The van der Waals surface area contributed by atoms with Gasteiger partial charge in [-0.05, 0) is 23.1 Å². The van der Waals surface area contributed by atoms with E-state index in [1.807, 2.05) is 24.3 Å². The molecule has 0 aliphatic rings. The summed E-state index contributed by atoms with van der Waals surface area (Å²) >= 11 is 0. The van der Waals surface area contributed by atoms with Crippen LogP contribution in [-0.4, -0.2) is 22.2 Å². The van der Waals surface area contributed by atoms with Crippen LogP contribution in [0, 0.1) is 0 Å². The van der Waals surface area contributed by atoms with E-state index in [1.54, 1.807) is 18.5 Å². The Morgan fingerprint density at radius 2 is 2.00 bits per heavy atom. The zero-order valence-electron chi connectivity index (χ0n) is 8.04. The molecule has 0 aliphatic carbocycles. The average molecular weight is 199 g/mol. The quantitative estimate of drug-likeness (QED) is 0.715. The molecule has 2 rings (SSSR count). The molecule has 1 heterocycles. The lowest BCUT2D eigenvalue weighted by Gasteiger charge is -1.98. The Labute approximate surface area is 87.9 Å². The molecule has 0 saturated carbocycles. The first-order valence-corrected chi connectivity index (χ1v) is 4.64. The lowest BCUT2D eigenvalue weighted by molar-refractivity contribution is 0.424. The van der Waals surface area contributed by atoms with Crippen molar-refractivity contribution in [3.8, 4) is 0 Å². The first-order chi connectivity index (χ1) is 7.25. The van der Waals surface area contributed by atoms with Crippen LogP contribution in [0.2, 0.25) is 0 Å². The molecule has 4 heteroatoms. The van der Waals surface area contributed by atoms with Gasteiger partial charge in [0.15, 0.2) is 0 Å². The van der Waals surface area contributed by atoms with Crippen LogP contribution in [0.25, 0.3) is 16.8 Å². The molecule has 1 aromatic carbocycles. The van der Waals surface area contributed by atoms with Gasteiger partial charge in [0.25, 0.3) is 0 Å². The SMILES string of the molecule is OB(O)/C=C/c1ccc2cnccc2c1. The fraction of sp³-hybridized carbons (Fsp3) is 0. The minimum atomic E-state index is -1.40. The molecule has 74 valence electrons. The van der Waals surface area contributed by atoms with E-state index in [0.29, 0.717) is 0 Å². The number of hydrogen-bond acceptors (Lipinski definition) is 3. The molecular weight excluding hydrogens is 189 g/mol. The first-order valence-electron chi connectivity index (χ1n) is 4.64. The van der Waals surface area contributed by atoms with Crippen molar-refractivity contribution in [1.29, 1.82) is 0 Å². The Kier molecular flexibility index (Phi) is 2.80. The van der Waals surface area contributed by atoms with Crippen molar-refractivity contribution in [1.82, 2.24) is 4.98 Å². The van der Waals surface area contributed by atoms with Gasteiger partial charge in [-0.15, -0.1) is 0 Å². The van der Waals surface area contributed by atoms with E-state index in [2.05, 4.69) is 4.98 Å². The molecule has 0 saturated heterocycles. The number of fused-ring (bicyclic) bond motifs is 1. The fourth-order valence-corrected chi connectivity index (χ4v) is 1.40. The van der Waals surface area contributed by atoms with Crippen molar-refractivity contribution >= 4 is 24.0 Å². The Morgan fingerprint density at radius 3 is 2.80 bits per heavy atom. The zero-order valence-corrected chi connectivity index (χ0v) is 8.04. The Morgan fingerprint density at radius 1 is 1.13 bits per heavy atom. The van der Waals surface area contributed by atoms with Gasteiger partial charge < -0.3 is 10.0 Å². The molecule has 15 heavy (non-hydrogen) atoms. The van der Waals surface area contributed by atoms with Gasteiger partial charge in [0.2, 0.25) is 0 Å². The smallest absolute Gasteiger partial charge is 0.424 e. The number of hydrogen-bond donors (Lipinski definition) is 2. The monoisotopic (exact) mass is 199 g/mol. The second kappa shape index (κ2) is 4.25. The third-order valence-corrected chi connectivity index (χ3v) is 2.13. The molecule has 0 spiro atoms. The van der Waals surface area contributed by atoms with E-state index in [1.165, 1.54) is 5.98 Å². The second-order valence-corrected chi connectivity index (χ2v) is 3.25. The molecule has 0 atom stereocenters. The maximum Gasteiger partial charge on any atom is 0.480 e. The highest BCUT2D eigenvalue weighted by Crippen LogP contribution is 2.15. The molecular formula is C11H10BNO2. The van der Waals surface area contributed by atoms with Gasteiger partial charge in [-0.25, -0.2) is 0 Å². The van der Waals surface area contributed by atoms with Crippen molar-refractivity contribution in [2.24, 2.45) is 0 Å². The molecule has 0 radical (unpaired) electrons. The minimum absolute atomic E-state index is 0.932. The average Bonchev–Trinajstić information content (AvgIpc) is 2.26. The first kappa shape index (κ1) is 9.89. The summed E-state index contributed by atoms with van der Waals surface area (Å²) in [7, 11) is -1.40. The van der Waals surface area contributed by atoms with Crippen LogP contribution in [0.1, 0.15) is 5.56 Å². The van der Waals surface area contributed by atoms with Crippen LogP contribution < -0.4 is 0 Å². The van der Waals surface area contributed by atoms with Crippen molar-refractivity contribution in [3.05, 3.63) is 48.2 Å². The van der Waals surface area contributed by atoms with Gasteiger partial charge in [-0.3, -0.25) is 4.98 Å². The van der Waals surface area contributed by atoms with Crippen LogP contribution in [0.5, 0.6) is 0 Å². The molecule has 0 aliphatic heterocycles. The summed E-state index contributed by atoms with van der Waals surface area (Å²) in [4.78, 5) is 4.02. The molecule has 2 N–H and O–H groups in total. The summed E-state index contributed by atoms with van der Waals surface area (Å²) in [6.07, 6.45) is 5.20. The predicted octanol–water partition coefficient (Wildman–Crippen LogP) is 1.26. The summed E-state index contributed by atoms with van der Waals surface area (Å²) in [5.41, 5.74) is 0.932. The molecule has 0 unspecified atom stereocenters. The highest BCUT2D eigenvalue weighted by Gasteiger charge is 1.98. The Hall–Kier alpha value is -1.65. The summed E-state index contributed by atoms with van der Waals surface area (Å²) < 4.78 is 0. The van der Waals surface area contributed by atoms with Crippen molar-refractivity contribution in [3.63, 3.8) is 0 Å². The number of pyridine rings is 1. The van der Waals surface area contributed by atoms with Crippen molar-refractivity contribution < 1.29 is 10.0 Å². The number of aromatic nitrogens is 1. The van der Waals surface area contributed by atoms with Gasteiger partial charge in [0.1, 0.15) is 0 Å². The van der Waals surface area contributed by atoms with Crippen molar-refractivity contribution in [2.45, 2.75) is 0 Å². The van der Waals surface area contributed by atoms with Crippen molar-refractivity contribution in [2.75, 3.05) is 0 Å². The molecule has 0 fully saturated rings. The molecule has 2 aromatic rings. The van der Waals surface area contributed by atoms with Crippen LogP contribution in [-0.2, 0) is 0 Å². The van der Waals surface area contributed by atoms with E-state index in [0.717, 1.165) is 16.3 Å². The van der Waals surface area contributed by atoms with E-state index < -0.39 is 7.12 Å². The summed E-state index contributed by atoms with van der Waals surface area (Å²) in [5, 5.41) is 19.5. The Balaban J connectivity index is 2.39. The lowest BCUT2D eigenvalue weighted by Crippen LogP contribution is -2.05. The number of nitrogens with zero attached hydrogens (tertiary/aromatic N) is 1. The van der Waals surface area contributed by atoms with Crippen LogP contribution in [0.3, 0.4) is 0 Å². The largest absolute Gasteiger partial charge is 0.480 e. The highest BCUT2D eigenvalue weighted by atomic mass is 16.4. The number of rotatable bonds is 2. The van der Waals surface area contributed by atoms with Crippen LogP contribution >= 0.6 is 0 Å². The standard InChI is InChI=1S/C11H10BNO2/c14-12(15)5-3-9-1-2-11-8-13-6-4-10(11)7-9/h1-8,14-15H/b5-3+. The second-order valence-electron chi connectivity index (χ2n) is 3.25. The van der Waals surface area contributed by atoms with Gasteiger partial charge in [-0.2, -0.15) is 0 Å². The third kappa shape index (κ3) is 2.43. The molecule has 0 amide bonds. The zero-order chi connectivity index (χ0) is 10.7. The van der Waals surface area contributed by atoms with Crippen LogP contribution in [0.4, 0.5) is 0 Å². The molecule has 1 aromatic heterocycles. The molecule has 3 nitrogen and oxygen atoms in total. The van der Waals surface area contributed by atoms with Gasteiger partial charge >= 0.3 is 7.12 Å². The lowest BCUT2D eigenvalue weighted by atomic mass is 9.90. The fourth-order valence-electron chi connectivity index (χ4n) is 1.40. The van der Waals surface area contributed by atoms with E-state index >= 15 is 0 Å².